The summed E-state index contributed by atoms with van der Waals surface area (Å²) in [6, 6.07) is 53.3. The largest absolute Gasteiger partial charge is 0.313 e. The quantitative estimate of drug-likeness (QED) is 0.185. The summed E-state index contributed by atoms with van der Waals surface area (Å²) in [5.74, 6) is 2.26. The second-order valence-corrected chi connectivity index (χ2v) is 13.8. The molecule has 3 aromatic heterocycles. The van der Waals surface area contributed by atoms with E-state index in [2.05, 4.69) is 108 Å². The van der Waals surface area contributed by atoms with Gasteiger partial charge in [0.2, 0.25) is 0 Å². The van der Waals surface area contributed by atoms with Gasteiger partial charge in [-0.05, 0) is 48.4 Å². The van der Waals surface area contributed by atoms with Crippen molar-refractivity contribution in [1.29, 1.82) is 0 Å². The molecule has 5 heteroatoms. The lowest BCUT2D eigenvalue weighted by atomic mass is 9.87. The molecule has 0 N–H and O–H groups in total. The van der Waals surface area contributed by atoms with Crippen LogP contribution in [-0.4, -0.2) is 19.5 Å². The number of aromatic nitrogens is 4. The van der Waals surface area contributed by atoms with E-state index in [1.165, 1.54) is 47.9 Å². The van der Waals surface area contributed by atoms with E-state index < -0.39 is 0 Å². The second-order valence-electron chi connectivity index (χ2n) is 12.8. The van der Waals surface area contributed by atoms with Crippen LogP contribution in [0.1, 0.15) is 22.7 Å². The standard InChI is InChI=1S/C45H30N4S/c1-3-12-29(13-4-1)43-46-44(30-14-5-2-6-15-30)48-45(47-43)31-22-25-33(26-23-31)49-39-20-9-7-16-35(39)36-27-24-32(28-40(36)49)34-18-11-19-38-37-17-8-10-21-41(37)50-42(34)38/h1-27,32H,28H2. The molecule has 1 unspecified atom stereocenters. The molecule has 10 rings (SSSR count). The van der Waals surface area contributed by atoms with E-state index in [1.807, 2.05) is 72.0 Å². The van der Waals surface area contributed by atoms with Crippen LogP contribution in [0.15, 0.2) is 158 Å². The maximum atomic E-state index is 4.96. The molecule has 236 valence electrons. The Morgan fingerprint density at radius 1 is 0.520 bits per heavy atom. The molecule has 3 heterocycles. The molecular formula is C45H30N4S. The van der Waals surface area contributed by atoms with Crippen LogP contribution in [0, 0.1) is 0 Å². The number of fused-ring (bicyclic) bond motifs is 6. The summed E-state index contributed by atoms with van der Waals surface area (Å²) < 4.78 is 5.18. The lowest BCUT2D eigenvalue weighted by Gasteiger charge is -2.21. The molecular weight excluding hydrogens is 629 g/mol. The van der Waals surface area contributed by atoms with E-state index in [1.54, 1.807) is 0 Å². The highest BCUT2D eigenvalue weighted by atomic mass is 32.1. The molecule has 0 bridgehead atoms. The van der Waals surface area contributed by atoms with Gasteiger partial charge in [0.15, 0.2) is 17.5 Å². The van der Waals surface area contributed by atoms with Crippen LogP contribution in [0.3, 0.4) is 0 Å². The fourth-order valence-corrected chi connectivity index (χ4v) is 8.74. The Hall–Kier alpha value is -6.17. The monoisotopic (exact) mass is 658 g/mol. The maximum absolute atomic E-state index is 4.96. The fraction of sp³-hybridized carbons (Fsp3) is 0.0444. The van der Waals surface area contributed by atoms with Gasteiger partial charge < -0.3 is 4.57 Å². The number of nitrogens with zero attached hydrogens (tertiary/aromatic N) is 4. The molecule has 4 nitrogen and oxygen atoms in total. The first-order valence-electron chi connectivity index (χ1n) is 17.0. The van der Waals surface area contributed by atoms with Gasteiger partial charge in [0.25, 0.3) is 0 Å². The molecule has 0 radical (unpaired) electrons. The third-order valence-corrected chi connectivity index (χ3v) is 11.1. The Bertz CT molecular complexity index is 2670. The van der Waals surface area contributed by atoms with E-state index in [-0.39, 0.29) is 5.92 Å². The van der Waals surface area contributed by atoms with Gasteiger partial charge >= 0.3 is 0 Å². The number of thiophene rings is 1. The lowest BCUT2D eigenvalue weighted by Crippen LogP contribution is -2.10. The predicted molar refractivity (Wildman–Crippen MR) is 208 cm³/mol. The first-order valence-corrected chi connectivity index (χ1v) is 17.8. The van der Waals surface area contributed by atoms with Crippen molar-refractivity contribution in [3.05, 3.63) is 175 Å². The van der Waals surface area contributed by atoms with E-state index in [0.29, 0.717) is 17.5 Å². The lowest BCUT2D eigenvalue weighted by molar-refractivity contribution is 0.789. The number of allylic oxidation sites excluding steroid dienone is 1. The van der Waals surface area contributed by atoms with Crippen molar-refractivity contribution in [3.63, 3.8) is 0 Å². The zero-order chi connectivity index (χ0) is 33.0. The predicted octanol–water partition coefficient (Wildman–Crippen LogP) is 11.5. The first-order chi connectivity index (χ1) is 24.8. The summed E-state index contributed by atoms with van der Waals surface area (Å²) in [6.45, 7) is 0. The molecule has 0 amide bonds. The highest BCUT2D eigenvalue weighted by molar-refractivity contribution is 7.26. The normalized spacial score (nSPS) is 14.0. The van der Waals surface area contributed by atoms with Crippen molar-refractivity contribution < 1.29 is 0 Å². The highest BCUT2D eigenvalue weighted by Crippen LogP contribution is 2.43. The van der Waals surface area contributed by atoms with E-state index in [9.17, 15) is 0 Å². The molecule has 9 aromatic rings. The molecule has 0 aliphatic heterocycles. The molecule has 50 heavy (non-hydrogen) atoms. The Kier molecular flexibility index (Phi) is 6.78. The van der Waals surface area contributed by atoms with E-state index in [4.69, 9.17) is 15.0 Å². The molecule has 0 saturated heterocycles. The third kappa shape index (κ3) is 4.78. The summed E-state index contributed by atoms with van der Waals surface area (Å²) >= 11 is 1.91. The minimum absolute atomic E-state index is 0.277. The first kappa shape index (κ1) is 28.8. The molecule has 1 aliphatic carbocycles. The van der Waals surface area contributed by atoms with Crippen LogP contribution < -0.4 is 0 Å². The number of rotatable bonds is 5. The van der Waals surface area contributed by atoms with Crippen molar-refractivity contribution in [2.45, 2.75) is 12.3 Å². The van der Waals surface area contributed by atoms with Gasteiger partial charge in [-0.1, -0.05) is 127 Å². The average Bonchev–Trinajstić information content (AvgIpc) is 3.74. The van der Waals surface area contributed by atoms with Crippen LogP contribution >= 0.6 is 11.3 Å². The topological polar surface area (TPSA) is 43.6 Å². The van der Waals surface area contributed by atoms with Crippen molar-refractivity contribution in [1.82, 2.24) is 19.5 Å². The SMILES string of the molecule is C1=CC(c2cccc3c2sc2ccccc23)Cc2c1c1ccccc1n2-c1ccc(-c2nc(-c3ccccc3)nc(-c3ccccc3)n2)cc1. The smallest absolute Gasteiger partial charge is 0.164 e. The molecule has 0 fully saturated rings. The number of hydrogen-bond acceptors (Lipinski definition) is 4. The Balaban J connectivity index is 1.07. The fourth-order valence-electron chi connectivity index (χ4n) is 7.46. The molecule has 0 spiro atoms. The Morgan fingerprint density at radius 3 is 1.80 bits per heavy atom. The number of para-hydroxylation sites is 1. The second kappa shape index (κ2) is 11.8. The Morgan fingerprint density at radius 2 is 1.10 bits per heavy atom. The molecule has 6 aromatic carbocycles. The summed E-state index contributed by atoms with van der Waals surface area (Å²) in [7, 11) is 0. The summed E-state index contributed by atoms with van der Waals surface area (Å²) in [5.41, 5.74) is 9.26. The van der Waals surface area contributed by atoms with Crippen LogP contribution in [0.2, 0.25) is 0 Å². The van der Waals surface area contributed by atoms with Gasteiger partial charge in [-0.3, -0.25) is 0 Å². The van der Waals surface area contributed by atoms with Gasteiger partial charge in [0, 0.05) is 65.1 Å². The number of benzene rings is 6. The van der Waals surface area contributed by atoms with Crippen LogP contribution in [0.5, 0.6) is 0 Å². The van der Waals surface area contributed by atoms with Crippen molar-refractivity contribution in [2.24, 2.45) is 0 Å². The van der Waals surface area contributed by atoms with Gasteiger partial charge in [-0.15, -0.1) is 11.3 Å². The molecule has 0 saturated carbocycles. The summed E-state index contributed by atoms with van der Waals surface area (Å²) in [4.78, 5) is 14.8. The van der Waals surface area contributed by atoms with E-state index in [0.717, 1.165) is 28.8 Å². The minimum Gasteiger partial charge on any atom is -0.313 e. The van der Waals surface area contributed by atoms with Crippen LogP contribution in [0.4, 0.5) is 0 Å². The van der Waals surface area contributed by atoms with Crippen molar-refractivity contribution >= 4 is 48.5 Å². The van der Waals surface area contributed by atoms with Gasteiger partial charge in [-0.2, -0.15) is 0 Å². The summed E-state index contributed by atoms with van der Waals surface area (Å²) in [6.07, 6.45) is 5.69. The van der Waals surface area contributed by atoms with Gasteiger partial charge in [0.1, 0.15) is 0 Å². The molecule has 1 aliphatic rings. The summed E-state index contributed by atoms with van der Waals surface area (Å²) in [5, 5.41) is 3.97. The van der Waals surface area contributed by atoms with Crippen molar-refractivity contribution in [2.75, 3.05) is 0 Å². The third-order valence-electron chi connectivity index (χ3n) is 9.84. The van der Waals surface area contributed by atoms with Crippen molar-refractivity contribution in [3.8, 4) is 39.9 Å². The van der Waals surface area contributed by atoms with Crippen LogP contribution in [-0.2, 0) is 6.42 Å². The maximum Gasteiger partial charge on any atom is 0.164 e. The van der Waals surface area contributed by atoms with Gasteiger partial charge in [-0.25, -0.2) is 15.0 Å². The zero-order valence-electron chi connectivity index (χ0n) is 27.1. The number of hydrogen-bond donors (Lipinski definition) is 0. The highest BCUT2D eigenvalue weighted by Gasteiger charge is 2.25. The van der Waals surface area contributed by atoms with E-state index >= 15 is 0 Å². The minimum atomic E-state index is 0.277. The zero-order valence-corrected chi connectivity index (χ0v) is 27.9. The van der Waals surface area contributed by atoms with Gasteiger partial charge in [0.05, 0.1) is 5.52 Å². The average molecular weight is 659 g/mol. The van der Waals surface area contributed by atoms with Crippen LogP contribution in [0.25, 0.3) is 77.0 Å². The Labute approximate surface area is 293 Å². The molecule has 1 atom stereocenters.